The first-order chi connectivity index (χ1) is 14.0. The lowest BCUT2D eigenvalue weighted by atomic mass is 10.1. The Hall–Kier alpha value is -3.32. The third-order valence-corrected chi connectivity index (χ3v) is 5.06. The molecule has 7 heteroatoms. The highest BCUT2D eigenvalue weighted by Gasteiger charge is 2.35. The van der Waals surface area contributed by atoms with E-state index in [9.17, 15) is 14.0 Å². The molecule has 0 bridgehead atoms. The zero-order valence-corrected chi connectivity index (χ0v) is 16.5. The van der Waals surface area contributed by atoms with Crippen molar-refractivity contribution in [2.45, 2.75) is 19.9 Å². The van der Waals surface area contributed by atoms with Crippen LogP contribution in [0.3, 0.4) is 0 Å². The van der Waals surface area contributed by atoms with Crippen molar-refractivity contribution in [1.82, 2.24) is 9.88 Å². The first kappa shape index (κ1) is 19.0. The molecule has 2 heterocycles. The number of fused-ring (bicyclic) bond motifs is 1. The molecule has 0 unspecified atom stereocenters. The van der Waals surface area contributed by atoms with Crippen molar-refractivity contribution >= 4 is 51.8 Å². The number of benzene rings is 2. The van der Waals surface area contributed by atoms with E-state index in [1.165, 1.54) is 18.2 Å². The number of amides is 2. The lowest BCUT2D eigenvalue weighted by Crippen LogP contribution is -2.54. The molecule has 1 aliphatic heterocycles. The van der Waals surface area contributed by atoms with Gasteiger partial charge in [-0.05, 0) is 42.9 Å². The van der Waals surface area contributed by atoms with E-state index in [1.807, 2.05) is 30.5 Å². The maximum absolute atomic E-state index is 14.3. The number of rotatable bonds is 4. The third-order valence-electron chi connectivity index (χ3n) is 4.78. The van der Waals surface area contributed by atoms with E-state index in [0.717, 1.165) is 34.3 Å². The molecular formula is C22H18FN3O2S. The van der Waals surface area contributed by atoms with Gasteiger partial charge < -0.3 is 4.57 Å². The van der Waals surface area contributed by atoms with Gasteiger partial charge in [0.2, 0.25) is 0 Å². The maximum Gasteiger partial charge on any atom is 0.270 e. The highest BCUT2D eigenvalue weighted by Crippen LogP contribution is 2.27. The second kappa shape index (κ2) is 7.60. The van der Waals surface area contributed by atoms with E-state index in [-0.39, 0.29) is 16.4 Å². The van der Waals surface area contributed by atoms with E-state index in [0.29, 0.717) is 0 Å². The first-order valence-corrected chi connectivity index (χ1v) is 9.66. The summed E-state index contributed by atoms with van der Waals surface area (Å²) >= 11 is 5.13. The molecule has 5 nitrogen and oxygen atoms in total. The van der Waals surface area contributed by atoms with Crippen LogP contribution in [0.1, 0.15) is 18.9 Å². The van der Waals surface area contributed by atoms with Crippen molar-refractivity contribution in [3.63, 3.8) is 0 Å². The lowest BCUT2D eigenvalue weighted by Gasteiger charge is -2.29. The van der Waals surface area contributed by atoms with Crippen LogP contribution >= 0.6 is 12.2 Å². The average molecular weight is 407 g/mol. The summed E-state index contributed by atoms with van der Waals surface area (Å²) in [6, 6.07) is 13.6. The number of aromatic nitrogens is 1. The molecule has 0 radical (unpaired) electrons. The summed E-state index contributed by atoms with van der Waals surface area (Å²) in [6.07, 6.45) is 4.41. The van der Waals surface area contributed by atoms with Crippen LogP contribution in [0, 0.1) is 5.82 Å². The standard InChI is InChI=1S/C22H18FN3O2S/c1-2-11-25-13-14(15-7-3-5-9-18(15)25)12-16-20(27)24-22(29)26(21(16)28)19-10-6-4-8-17(19)23/h3-10,12-13H,2,11H2,1H3,(H,24,27,29)/b16-12+. The largest absolute Gasteiger partial charge is 0.347 e. The number of carbonyl (C=O) groups is 2. The van der Waals surface area contributed by atoms with E-state index in [1.54, 1.807) is 12.1 Å². The number of nitrogens with one attached hydrogen (secondary N) is 1. The van der Waals surface area contributed by atoms with Gasteiger partial charge in [0.05, 0.1) is 5.69 Å². The van der Waals surface area contributed by atoms with Gasteiger partial charge in [0.15, 0.2) is 5.11 Å². The van der Waals surface area contributed by atoms with Gasteiger partial charge in [-0.2, -0.15) is 0 Å². The Labute approximate surface area is 172 Å². The number of halogens is 1. The Balaban J connectivity index is 1.82. The van der Waals surface area contributed by atoms with Crippen LogP contribution in [0.25, 0.3) is 17.0 Å². The molecule has 4 rings (SSSR count). The van der Waals surface area contributed by atoms with Crippen molar-refractivity contribution in [2.24, 2.45) is 0 Å². The fraction of sp³-hybridized carbons (Fsp3) is 0.136. The molecule has 2 amide bonds. The molecule has 2 aromatic carbocycles. The van der Waals surface area contributed by atoms with Crippen LogP contribution in [0.4, 0.5) is 10.1 Å². The molecule has 0 atom stereocenters. The van der Waals surface area contributed by atoms with E-state index >= 15 is 0 Å². The van der Waals surface area contributed by atoms with Gasteiger partial charge in [0, 0.05) is 29.2 Å². The Morgan fingerprint density at radius 1 is 1.10 bits per heavy atom. The molecule has 1 saturated heterocycles. The molecule has 0 aliphatic carbocycles. The van der Waals surface area contributed by atoms with Gasteiger partial charge >= 0.3 is 0 Å². The molecule has 1 fully saturated rings. The van der Waals surface area contributed by atoms with Crippen LogP contribution < -0.4 is 10.2 Å². The lowest BCUT2D eigenvalue weighted by molar-refractivity contribution is -0.122. The van der Waals surface area contributed by atoms with Crippen LogP contribution in [-0.2, 0) is 16.1 Å². The van der Waals surface area contributed by atoms with Crippen molar-refractivity contribution in [3.05, 3.63) is 71.7 Å². The van der Waals surface area contributed by atoms with Crippen LogP contribution in [0.5, 0.6) is 0 Å². The maximum atomic E-state index is 14.3. The number of hydrogen-bond acceptors (Lipinski definition) is 3. The van der Waals surface area contributed by atoms with E-state index < -0.39 is 17.6 Å². The number of thiocarbonyl (C=S) groups is 1. The summed E-state index contributed by atoms with van der Waals surface area (Å²) in [5, 5.41) is 3.28. The zero-order chi connectivity index (χ0) is 20.5. The summed E-state index contributed by atoms with van der Waals surface area (Å²) in [4.78, 5) is 26.7. The van der Waals surface area contributed by atoms with Crippen molar-refractivity contribution in [3.8, 4) is 0 Å². The summed E-state index contributed by atoms with van der Waals surface area (Å²) in [6.45, 7) is 2.90. The van der Waals surface area contributed by atoms with Gasteiger partial charge in [-0.3, -0.25) is 14.9 Å². The van der Waals surface area contributed by atoms with Crippen LogP contribution in [0.2, 0.25) is 0 Å². The number of nitrogens with zero attached hydrogens (tertiary/aromatic N) is 2. The predicted molar refractivity (Wildman–Crippen MR) is 115 cm³/mol. The quantitative estimate of drug-likeness (QED) is 0.404. The SMILES string of the molecule is CCCn1cc(/C=C2\C(=O)NC(=S)N(c3ccccc3F)C2=O)c2ccccc21. The minimum Gasteiger partial charge on any atom is -0.347 e. The Bertz CT molecular complexity index is 1180. The molecular weight excluding hydrogens is 389 g/mol. The molecule has 3 aromatic rings. The highest BCUT2D eigenvalue weighted by atomic mass is 32.1. The monoisotopic (exact) mass is 407 g/mol. The number of hydrogen-bond donors (Lipinski definition) is 1. The van der Waals surface area contributed by atoms with Gasteiger partial charge in [-0.1, -0.05) is 37.3 Å². The molecule has 1 aromatic heterocycles. The van der Waals surface area contributed by atoms with Crippen LogP contribution in [-0.4, -0.2) is 21.5 Å². The Morgan fingerprint density at radius 3 is 2.59 bits per heavy atom. The summed E-state index contributed by atoms with van der Waals surface area (Å²) < 4.78 is 16.4. The third kappa shape index (κ3) is 3.34. The fourth-order valence-corrected chi connectivity index (χ4v) is 3.75. The number of anilines is 1. The minimum absolute atomic E-state index is 0.00168. The molecule has 146 valence electrons. The Kier molecular flexibility index (Phi) is 4.98. The second-order valence-corrected chi connectivity index (χ2v) is 7.09. The number of aryl methyl sites for hydroxylation is 1. The first-order valence-electron chi connectivity index (χ1n) is 9.25. The van der Waals surface area contributed by atoms with Crippen molar-refractivity contribution in [1.29, 1.82) is 0 Å². The van der Waals surface area contributed by atoms with Crippen molar-refractivity contribution in [2.75, 3.05) is 4.90 Å². The Morgan fingerprint density at radius 2 is 1.83 bits per heavy atom. The molecule has 0 spiro atoms. The van der Waals surface area contributed by atoms with Crippen LogP contribution in [0.15, 0.2) is 60.3 Å². The van der Waals surface area contributed by atoms with Gasteiger partial charge in [-0.25, -0.2) is 9.29 Å². The topological polar surface area (TPSA) is 54.3 Å². The van der Waals surface area contributed by atoms with Gasteiger partial charge in [0.1, 0.15) is 11.4 Å². The number of carbonyl (C=O) groups excluding carboxylic acids is 2. The molecule has 0 saturated carbocycles. The minimum atomic E-state index is -0.656. The summed E-state index contributed by atoms with van der Waals surface area (Å²) in [5.74, 6) is -1.85. The van der Waals surface area contributed by atoms with E-state index in [2.05, 4.69) is 16.8 Å². The summed E-state index contributed by atoms with van der Waals surface area (Å²) in [7, 11) is 0. The smallest absolute Gasteiger partial charge is 0.270 e. The van der Waals surface area contributed by atoms with E-state index in [4.69, 9.17) is 12.2 Å². The highest BCUT2D eigenvalue weighted by molar-refractivity contribution is 7.80. The second-order valence-electron chi connectivity index (χ2n) is 6.70. The fourth-order valence-electron chi connectivity index (χ4n) is 3.48. The molecule has 29 heavy (non-hydrogen) atoms. The summed E-state index contributed by atoms with van der Waals surface area (Å²) in [5.41, 5.74) is 1.67. The molecule has 1 aliphatic rings. The normalized spacial score (nSPS) is 16.0. The average Bonchev–Trinajstić information content (AvgIpc) is 3.04. The van der Waals surface area contributed by atoms with Gasteiger partial charge in [0.25, 0.3) is 11.8 Å². The predicted octanol–water partition coefficient (Wildman–Crippen LogP) is 4.02. The van der Waals surface area contributed by atoms with Crippen molar-refractivity contribution < 1.29 is 14.0 Å². The van der Waals surface area contributed by atoms with Gasteiger partial charge in [-0.15, -0.1) is 0 Å². The number of para-hydroxylation sites is 2. The molecule has 1 N–H and O–H groups in total. The zero-order valence-electron chi connectivity index (χ0n) is 15.7.